The van der Waals surface area contributed by atoms with Crippen LogP contribution in [0.15, 0.2) is 6.20 Å². The van der Waals surface area contributed by atoms with Crippen molar-refractivity contribution in [2.45, 2.75) is 13.3 Å². The molecule has 1 fully saturated rings. The summed E-state index contributed by atoms with van der Waals surface area (Å²) in [4.78, 5) is 16.6. The Morgan fingerprint density at radius 2 is 2.06 bits per heavy atom. The van der Waals surface area contributed by atoms with Crippen molar-refractivity contribution >= 4 is 11.6 Å². The normalized spacial score (nSPS) is 17.1. The Morgan fingerprint density at radius 1 is 1.39 bits per heavy atom. The lowest BCUT2D eigenvalue weighted by Crippen LogP contribution is -2.49. The van der Waals surface area contributed by atoms with Crippen molar-refractivity contribution in [2.24, 2.45) is 7.05 Å². The number of hydrogen-bond acceptors (Lipinski definition) is 4. The zero-order valence-corrected chi connectivity index (χ0v) is 11.1. The third-order valence-corrected chi connectivity index (χ3v) is 3.37. The SMILES string of the molecule is CCCN1CCN(C(=O)c2c(N)cnn2C)CC1. The summed E-state index contributed by atoms with van der Waals surface area (Å²) in [6.45, 7) is 6.70. The molecule has 18 heavy (non-hydrogen) atoms. The van der Waals surface area contributed by atoms with E-state index < -0.39 is 0 Å². The number of nitrogen functional groups attached to an aromatic ring is 1. The number of aromatic nitrogens is 2. The molecule has 1 amide bonds. The molecule has 0 spiro atoms. The van der Waals surface area contributed by atoms with E-state index in [0.717, 1.165) is 39.1 Å². The molecule has 1 aromatic rings. The molecule has 0 bridgehead atoms. The fraction of sp³-hybridized carbons (Fsp3) is 0.667. The van der Waals surface area contributed by atoms with Gasteiger partial charge < -0.3 is 10.6 Å². The smallest absolute Gasteiger partial charge is 0.274 e. The van der Waals surface area contributed by atoms with Crippen molar-refractivity contribution in [3.8, 4) is 0 Å². The summed E-state index contributed by atoms with van der Waals surface area (Å²) in [7, 11) is 1.75. The monoisotopic (exact) mass is 251 g/mol. The Morgan fingerprint density at radius 3 is 2.56 bits per heavy atom. The standard InChI is InChI=1S/C12H21N5O/c1-3-4-16-5-7-17(8-6-16)12(18)11-10(13)9-14-15(11)2/h9H,3-8,13H2,1-2H3. The van der Waals surface area contributed by atoms with Crippen LogP contribution in [0.3, 0.4) is 0 Å². The molecule has 2 rings (SSSR count). The molecule has 0 radical (unpaired) electrons. The molecule has 0 atom stereocenters. The van der Waals surface area contributed by atoms with Crippen molar-refractivity contribution in [3.05, 3.63) is 11.9 Å². The first-order valence-electron chi connectivity index (χ1n) is 6.42. The van der Waals surface area contributed by atoms with E-state index in [9.17, 15) is 4.79 Å². The molecule has 0 unspecified atom stereocenters. The van der Waals surface area contributed by atoms with E-state index in [1.807, 2.05) is 4.90 Å². The van der Waals surface area contributed by atoms with Gasteiger partial charge >= 0.3 is 0 Å². The van der Waals surface area contributed by atoms with Crippen molar-refractivity contribution < 1.29 is 4.79 Å². The van der Waals surface area contributed by atoms with Crippen LogP contribution in [0.2, 0.25) is 0 Å². The molecule has 0 aliphatic carbocycles. The molecule has 100 valence electrons. The van der Waals surface area contributed by atoms with E-state index in [-0.39, 0.29) is 5.91 Å². The minimum atomic E-state index is -0.0105. The molecule has 0 saturated carbocycles. The van der Waals surface area contributed by atoms with Gasteiger partial charge in [-0.3, -0.25) is 14.4 Å². The van der Waals surface area contributed by atoms with Crippen LogP contribution >= 0.6 is 0 Å². The maximum Gasteiger partial charge on any atom is 0.274 e. The van der Waals surface area contributed by atoms with Gasteiger partial charge in [0.25, 0.3) is 5.91 Å². The first kappa shape index (κ1) is 12.9. The number of amides is 1. The van der Waals surface area contributed by atoms with E-state index in [0.29, 0.717) is 11.4 Å². The molecule has 6 nitrogen and oxygen atoms in total. The van der Waals surface area contributed by atoms with Gasteiger partial charge in [-0.2, -0.15) is 5.10 Å². The van der Waals surface area contributed by atoms with Gasteiger partial charge in [0.05, 0.1) is 11.9 Å². The van der Waals surface area contributed by atoms with Gasteiger partial charge in [-0.05, 0) is 13.0 Å². The minimum Gasteiger partial charge on any atom is -0.396 e. The number of carbonyl (C=O) groups is 1. The molecule has 0 aromatic carbocycles. The second kappa shape index (κ2) is 5.39. The lowest BCUT2D eigenvalue weighted by Gasteiger charge is -2.34. The first-order chi connectivity index (χ1) is 8.63. The highest BCUT2D eigenvalue weighted by Crippen LogP contribution is 2.14. The fourth-order valence-corrected chi connectivity index (χ4v) is 2.36. The molecule has 1 aliphatic rings. The number of carbonyl (C=O) groups excluding carboxylic acids is 1. The van der Waals surface area contributed by atoms with Gasteiger partial charge in [-0.25, -0.2) is 0 Å². The largest absolute Gasteiger partial charge is 0.396 e. The fourth-order valence-electron chi connectivity index (χ4n) is 2.36. The summed E-state index contributed by atoms with van der Waals surface area (Å²) < 4.78 is 1.55. The minimum absolute atomic E-state index is 0.0105. The number of hydrogen-bond donors (Lipinski definition) is 1. The number of rotatable bonds is 3. The van der Waals surface area contributed by atoms with Crippen LogP contribution < -0.4 is 5.73 Å². The van der Waals surface area contributed by atoms with Crippen molar-refractivity contribution in [1.29, 1.82) is 0 Å². The number of aryl methyl sites for hydroxylation is 1. The quantitative estimate of drug-likeness (QED) is 0.831. The molecule has 1 saturated heterocycles. The van der Waals surface area contributed by atoms with Gasteiger partial charge in [0.1, 0.15) is 5.69 Å². The highest BCUT2D eigenvalue weighted by atomic mass is 16.2. The summed E-state index contributed by atoms with van der Waals surface area (Å²) in [5, 5.41) is 4.01. The van der Waals surface area contributed by atoms with Crippen LogP contribution in [-0.2, 0) is 7.05 Å². The van der Waals surface area contributed by atoms with Crippen LogP contribution in [0, 0.1) is 0 Å². The van der Waals surface area contributed by atoms with Crippen LogP contribution in [0.5, 0.6) is 0 Å². The molecular formula is C12H21N5O. The summed E-state index contributed by atoms with van der Waals surface area (Å²) in [5.74, 6) is -0.0105. The number of nitrogens with two attached hydrogens (primary N) is 1. The predicted octanol–water partition coefficient (Wildman–Crippen LogP) is 0.170. The summed E-state index contributed by atoms with van der Waals surface area (Å²) in [6, 6.07) is 0. The third kappa shape index (κ3) is 2.48. The summed E-state index contributed by atoms with van der Waals surface area (Å²) in [6.07, 6.45) is 2.68. The van der Waals surface area contributed by atoms with E-state index in [1.54, 1.807) is 11.7 Å². The number of anilines is 1. The van der Waals surface area contributed by atoms with Gasteiger partial charge in [0, 0.05) is 33.2 Å². The van der Waals surface area contributed by atoms with Gasteiger partial charge in [-0.1, -0.05) is 6.92 Å². The van der Waals surface area contributed by atoms with E-state index >= 15 is 0 Å². The first-order valence-corrected chi connectivity index (χ1v) is 6.42. The van der Waals surface area contributed by atoms with Gasteiger partial charge in [0.2, 0.25) is 0 Å². The molecule has 6 heteroatoms. The molecule has 1 aliphatic heterocycles. The Hall–Kier alpha value is -1.56. The van der Waals surface area contributed by atoms with E-state index in [4.69, 9.17) is 5.73 Å². The van der Waals surface area contributed by atoms with Crippen LogP contribution in [0.1, 0.15) is 23.8 Å². The molecular weight excluding hydrogens is 230 g/mol. The highest BCUT2D eigenvalue weighted by molar-refractivity contribution is 5.97. The highest BCUT2D eigenvalue weighted by Gasteiger charge is 2.25. The average Bonchev–Trinajstić information content (AvgIpc) is 2.70. The Balaban J connectivity index is 2.00. The lowest BCUT2D eigenvalue weighted by molar-refractivity contribution is 0.0628. The summed E-state index contributed by atoms with van der Waals surface area (Å²) >= 11 is 0. The Bertz CT molecular complexity index is 401. The summed E-state index contributed by atoms with van der Waals surface area (Å²) in [5.41, 5.74) is 6.74. The van der Waals surface area contributed by atoms with E-state index in [1.165, 1.54) is 6.20 Å². The second-order valence-corrected chi connectivity index (χ2v) is 4.71. The maximum absolute atomic E-state index is 12.3. The van der Waals surface area contributed by atoms with Gasteiger partial charge in [0.15, 0.2) is 0 Å². The zero-order valence-electron chi connectivity index (χ0n) is 11.1. The van der Waals surface area contributed by atoms with Crippen molar-refractivity contribution in [3.63, 3.8) is 0 Å². The second-order valence-electron chi connectivity index (χ2n) is 4.71. The van der Waals surface area contributed by atoms with Crippen molar-refractivity contribution in [2.75, 3.05) is 38.5 Å². The Labute approximate surface area is 107 Å². The zero-order chi connectivity index (χ0) is 13.1. The van der Waals surface area contributed by atoms with Crippen molar-refractivity contribution in [1.82, 2.24) is 19.6 Å². The number of piperazine rings is 1. The predicted molar refractivity (Wildman–Crippen MR) is 70.3 cm³/mol. The molecule has 1 aromatic heterocycles. The molecule has 2 N–H and O–H groups in total. The van der Waals surface area contributed by atoms with Gasteiger partial charge in [-0.15, -0.1) is 0 Å². The molecule has 2 heterocycles. The average molecular weight is 251 g/mol. The lowest BCUT2D eigenvalue weighted by atomic mass is 10.2. The third-order valence-electron chi connectivity index (χ3n) is 3.37. The maximum atomic E-state index is 12.3. The number of nitrogens with zero attached hydrogens (tertiary/aromatic N) is 4. The van der Waals surface area contributed by atoms with Crippen LogP contribution in [0.4, 0.5) is 5.69 Å². The van der Waals surface area contributed by atoms with Crippen LogP contribution in [-0.4, -0.2) is 58.2 Å². The van der Waals surface area contributed by atoms with Crippen LogP contribution in [0.25, 0.3) is 0 Å². The Kier molecular flexibility index (Phi) is 3.86. The van der Waals surface area contributed by atoms with E-state index in [2.05, 4.69) is 16.9 Å². The topological polar surface area (TPSA) is 67.4 Å².